The monoisotopic (exact) mass is 919 g/mol. The molecule has 0 saturated carbocycles. The zero-order valence-electron chi connectivity index (χ0n) is 37.0. The number of nitrogens with two attached hydrogens (primary N) is 1. The number of urea groups is 1. The number of likely N-dealkylation sites (tertiary alicyclic amines) is 1. The van der Waals surface area contributed by atoms with Crippen molar-refractivity contribution in [2.45, 2.75) is 116 Å². The van der Waals surface area contributed by atoms with Crippen LogP contribution in [-0.4, -0.2) is 120 Å². The lowest BCUT2D eigenvalue weighted by atomic mass is 9.89. The van der Waals surface area contributed by atoms with Crippen molar-refractivity contribution in [3.05, 3.63) is 23.8 Å². The maximum atomic E-state index is 13.6. The standard InChI is InChI=1S/C42H61N7O14S/c1-25(2)38(47-27(4)52)33(55)18-28(10-9-16-45-41(43)59)39(57)48-30-14-13-29(21-62-42(60)44-5)34(19-30)61-22-32(54)12-8-6-7-11-31(53)15-17-49-37(56)20-35(40(49)58)64-23-36(63-24-50)46-26(3)51/h13-14,19,24-25,28,35-36,38H,6-12,15-18,20-23H2,1-5H3,(H,44,60)(H,46,51)(H,47,52)(H,48,57)(H3,43,45,59)/t28-,35?,36-,38+/m1/s1. The first-order valence-electron chi connectivity index (χ1n) is 20.9. The van der Waals surface area contributed by atoms with E-state index in [0.29, 0.717) is 31.2 Å². The van der Waals surface area contributed by atoms with Crippen molar-refractivity contribution in [1.29, 1.82) is 0 Å². The van der Waals surface area contributed by atoms with Gasteiger partial charge in [0, 0.05) is 89.3 Å². The molecule has 0 aromatic heterocycles. The van der Waals surface area contributed by atoms with E-state index in [9.17, 15) is 52.7 Å². The molecule has 1 aromatic rings. The molecule has 0 spiro atoms. The molecule has 1 unspecified atom stereocenters. The number of imide groups is 1. The number of hydrogen-bond acceptors (Lipinski definition) is 15. The normalized spacial score (nSPS) is 14.7. The summed E-state index contributed by atoms with van der Waals surface area (Å²) >= 11 is 1.07. The number of nitrogens with zero attached hydrogens (tertiary/aromatic N) is 1. The first-order chi connectivity index (χ1) is 30.3. The fourth-order valence-corrected chi connectivity index (χ4v) is 7.58. The van der Waals surface area contributed by atoms with E-state index in [2.05, 4.69) is 26.6 Å². The van der Waals surface area contributed by atoms with Crippen molar-refractivity contribution in [2.24, 2.45) is 17.6 Å². The minimum absolute atomic E-state index is 0.0275. The number of primary amides is 1. The third-order valence-corrected chi connectivity index (χ3v) is 11.0. The van der Waals surface area contributed by atoms with Gasteiger partial charge in [0.25, 0.3) is 6.47 Å². The molecule has 21 nitrogen and oxygen atoms in total. The number of carbonyl (C=O) groups is 11. The fraction of sp³-hybridized carbons (Fsp3) is 0.595. The molecule has 4 atom stereocenters. The maximum absolute atomic E-state index is 13.6. The van der Waals surface area contributed by atoms with Gasteiger partial charge in [0.15, 0.2) is 17.8 Å². The number of ketones is 3. The Kier molecular flexibility index (Phi) is 24.2. The Bertz CT molecular complexity index is 1840. The SMILES string of the molecule is CNC(=O)OCc1ccc(NC(=O)[C@H](CCCNC(N)=O)CC(=O)[C@@H](NC(C)=O)C(C)C)cc1OCC(=O)CCCCCC(=O)CCN1C(=O)CC(SC[C@H](NC(C)=O)OC=O)C1=O. The van der Waals surface area contributed by atoms with E-state index in [0.717, 1.165) is 16.7 Å². The predicted octanol–water partition coefficient (Wildman–Crippen LogP) is 2.02. The van der Waals surface area contributed by atoms with Crippen molar-refractivity contribution >= 4 is 82.9 Å². The van der Waals surface area contributed by atoms with Crippen LogP contribution in [0.2, 0.25) is 0 Å². The van der Waals surface area contributed by atoms with Crippen molar-refractivity contribution < 1.29 is 67.0 Å². The van der Waals surface area contributed by atoms with E-state index in [1.807, 2.05) is 0 Å². The van der Waals surface area contributed by atoms with Crippen LogP contribution >= 0.6 is 11.8 Å². The number of amides is 8. The van der Waals surface area contributed by atoms with Crippen molar-refractivity contribution in [3.8, 4) is 5.75 Å². The topological polar surface area (TPSA) is 305 Å². The first kappa shape index (κ1) is 54.1. The zero-order valence-corrected chi connectivity index (χ0v) is 37.8. The Hall–Kier alpha value is -6.06. The fourth-order valence-electron chi connectivity index (χ4n) is 6.48. The number of nitrogens with one attached hydrogen (secondary N) is 5. The molecule has 7 N–H and O–H groups in total. The molecule has 1 aliphatic heterocycles. The molecule has 1 heterocycles. The molecule has 8 amide bonds. The van der Waals surface area contributed by atoms with Crippen molar-refractivity contribution in [1.82, 2.24) is 26.2 Å². The molecule has 64 heavy (non-hydrogen) atoms. The van der Waals surface area contributed by atoms with E-state index in [1.54, 1.807) is 19.9 Å². The van der Waals surface area contributed by atoms with Crippen LogP contribution in [0.15, 0.2) is 18.2 Å². The summed E-state index contributed by atoms with van der Waals surface area (Å²) in [6, 6.07) is 2.98. The quantitative estimate of drug-likeness (QED) is 0.0269. The summed E-state index contributed by atoms with van der Waals surface area (Å²) in [5.41, 5.74) is 5.80. The number of hydrogen-bond donors (Lipinski definition) is 6. The van der Waals surface area contributed by atoms with Crippen LogP contribution in [0.25, 0.3) is 0 Å². The lowest BCUT2D eigenvalue weighted by Gasteiger charge is -2.23. The van der Waals surface area contributed by atoms with Crippen molar-refractivity contribution in [2.75, 3.05) is 37.8 Å². The summed E-state index contributed by atoms with van der Waals surface area (Å²) in [4.78, 5) is 136. The number of unbranched alkanes of at least 4 members (excludes halogenated alkanes) is 2. The number of benzene rings is 1. The van der Waals surface area contributed by atoms with E-state index in [1.165, 1.54) is 33.0 Å². The Morgan fingerprint density at radius 3 is 2.25 bits per heavy atom. The van der Waals surface area contributed by atoms with Crippen LogP contribution < -0.4 is 37.1 Å². The second-order valence-corrected chi connectivity index (χ2v) is 16.6. The molecule has 22 heteroatoms. The number of ether oxygens (including phenoxy) is 3. The summed E-state index contributed by atoms with van der Waals surface area (Å²) in [7, 11) is 1.39. The predicted molar refractivity (Wildman–Crippen MR) is 232 cm³/mol. The van der Waals surface area contributed by atoms with Crippen LogP contribution in [0, 0.1) is 11.8 Å². The van der Waals surface area contributed by atoms with E-state index >= 15 is 0 Å². The van der Waals surface area contributed by atoms with Gasteiger partial charge in [-0.3, -0.25) is 48.1 Å². The Morgan fingerprint density at radius 1 is 0.938 bits per heavy atom. The van der Waals surface area contributed by atoms with Gasteiger partial charge in [0.2, 0.25) is 29.5 Å². The van der Waals surface area contributed by atoms with Crippen LogP contribution in [0.4, 0.5) is 15.3 Å². The van der Waals surface area contributed by atoms with Gasteiger partial charge in [-0.25, -0.2) is 9.59 Å². The summed E-state index contributed by atoms with van der Waals surface area (Å²) in [5.74, 6) is -3.90. The molecule has 1 aromatic carbocycles. The smallest absolute Gasteiger partial charge is 0.407 e. The lowest BCUT2D eigenvalue weighted by molar-refractivity contribution is -0.139. The number of carbonyl (C=O) groups excluding carboxylic acids is 11. The van der Waals surface area contributed by atoms with Gasteiger partial charge in [-0.15, -0.1) is 11.8 Å². The Labute approximate surface area is 376 Å². The summed E-state index contributed by atoms with van der Waals surface area (Å²) in [6.45, 7) is 5.77. The number of anilines is 1. The van der Waals surface area contributed by atoms with E-state index < -0.39 is 65.1 Å². The molecular formula is C42H61N7O14S. The average Bonchev–Trinajstić information content (AvgIpc) is 3.50. The van der Waals surface area contributed by atoms with Crippen LogP contribution in [0.1, 0.15) is 97.5 Å². The number of thioether (sulfide) groups is 1. The summed E-state index contributed by atoms with van der Waals surface area (Å²) in [5, 5.41) is 11.9. The summed E-state index contributed by atoms with van der Waals surface area (Å²) in [6.07, 6.45) is 0.286. The molecule has 0 aliphatic carbocycles. The Balaban J connectivity index is 1.95. The molecule has 0 bridgehead atoms. The Morgan fingerprint density at radius 2 is 1.62 bits per heavy atom. The second kappa shape index (κ2) is 28.6. The van der Waals surface area contributed by atoms with E-state index in [4.69, 9.17) is 19.9 Å². The van der Waals surface area contributed by atoms with Crippen LogP contribution in [0.5, 0.6) is 5.75 Å². The van der Waals surface area contributed by atoms with Gasteiger partial charge >= 0.3 is 12.1 Å². The van der Waals surface area contributed by atoms with Gasteiger partial charge in [0.1, 0.15) is 24.7 Å². The van der Waals surface area contributed by atoms with Crippen LogP contribution in [0.3, 0.4) is 0 Å². The molecule has 1 aliphatic rings. The first-order valence-corrected chi connectivity index (χ1v) is 22.0. The molecule has 354 valence electrons. The number of Topliss-reactive ketones (excluding diaryl/α,β-unsaturated/α-hetero) is 3. The average molecular weight is 920 g/mol. The van der Waals surface area contributed by atoms with Gasteiger partial charge in [-0.1, -0.05) is 20.3 Å². The molecule has 1 fully saturated rings. The zero-order chi connectivity index (χ0) is 47.8. The molecular weight excluding hydrogens is 859 g/mol. The third kappa shape index (κ3) is 20.4. The number of alkyl carbamates (subject to hydrolysis) is 1. The molecule has 0 radical (unpaired) electrons. The minimum Gasteiger partial charge on any atom is -0.485 e. The highest BCUT2D eigenvalue weighted by atomic mass is 32.2. The highest BCUT2D eigenvalue weighted by Gasteiger charge is 2.39. The highest BCUT2D eigenvalue weighted by Crippen LogP contribution is 2.28. The second-order valence-electron chi connectivity index (χ2n) is 15.4. The molecule has 1 saturated heterocycles. The van der Waals surface area contributed by atoms with Gasteiger partial charge in [-0.2, -0.15) is 0 Å². The summed E-state index contributed by atoms with van der Waals surface area (Å²) < 4.78 is 15.8. The van der Waals surface area contributed by atoms with Gasteiger partial charge < -0.3 is 46.5 Å². The van der Waals surface area contributed by atoms with Gasteiger partial charge in [-0.05, 0) is 43.7 Å². The van der Waals surface area contributed by atoms with Crippen molar-refractivity contribution in [3.63, 3.8) is 0 Å². The minimum atomic E-state index is -0.959. The largest absolute Gasteiger partial charge is 0.485 e. The van der Waals surface area contributed by atoms with E-state index in [-0.39, 0.29) is 112 Å². The maximum Gasteiger partial charge on any atom is 0.407 e. The molecule has 2 rings (SSSR count). The number of rotatable bonds is 31. The third-order valence-electron chi connectivity index (χ3n) is 9.77. The lowest BCUT2D eigenvalue weighted by Crippen LogP contribution is -2.44. The highest BCUT2D eigenvalue weighted by molar-refractivity contribution is 8.00. The van der Waals surface area contributed by atoms with Gasteiger partial charge in [0.05, 0.1) is 17.0 Å². The van der Waals surface area contributed by atoms with Crippen LogP contribution in [-0.2, 0) is 59.2 Å².